The van der Waals surface area contributed by atoms with E-state index in [4.69, 9.17) is 6.58 Å². The first-order valence-corrected chi connectivity index (χ1v) is 16.2. The Morgan fingerprint density at radius 1 is 1.00 bits per heavy atom. The van der Waals surface area contributed by atoms with Gasteiger partial charge in [-0.1, -0.05) is 132 Å². The van der Waals surface area contributed by atoms with Crippen LogP contribution in [-0.2, 0) is 12.8 Å². The van der Waals surface area contributed by atoms with Crippen molar-refractivity contribution in [2.45, 2.75) is 101 Å². The quantitative estimate of drug-likeness (QED) is 0.184. The molecule has 2 aromatic carbocycles. The van der Waals surface area contributed by atoms with Crippen LogP contribution in [0, 0.1) is 32.1 Å². The maximum atomic E-state index is 4.71. The minimum absolute atomic E-state index is 0.159. The first-order chi connectivity index (χ1) is 20.5. The molecule has 0 saturated carbocycles. The van der Waals surface area contributed by atoms with E-state index in [9.17, 15) is 0 Å². The molecule has 0 spiro atoms. The zero-order chi connectivity index (χ0) is 32.7. The van der Waals surface area contributed by atoms with Gasteiger partial charge in [-0.25, -0.2) is 0 Å². The Hall–Kier alpha value is -3.38. The Labute approximate surface area is 266 Å². The summed E-state index contributed by atoms with van der Waals surface area (Å²) in [6.07, 6.45) is 15.7. The third-order valence-corrected chi connectivity index (χ3v) is 8.55. The molecular weight excluding hydrogens is 516 g/mol. The van der Waals surface area contributed by atoms with Crippen molar-refractivity contribution in [3.63, 3.8) is 0 Å². The molecule has 232 valence electrons. The van der Waals surface area contributed by atoms with E-state index in [1.54, 1.807) is 0 Å². The number of rotatable bonds is 11. The van der Waals surface area contributed by atoms with E-state index in [1.807, 2.05) is 20.8 Å². The van der Waals surface area contributed by atoms with Gasteiger partial charge in [-0.05, 0) is 122 Å². The lowest BCUT2D eigenvalue weighted by Gasteiger charge is -2.39. The first-order valence-electron chi connectivity index (χ1n) is 16.2. The second-order valence-corrected chi connectivity index (χ2v) is 12.2. The van der Waals surface area contributed by atoms with Crippen molar-refractivity contribution in [3.8, 4) is 0 Å². The molecule has 43 heavy (non-hydrogen) atoms. The van der Waals surface area contributed by atoms with Crippen molar-refractivity contribution in [3.05, 3.63) is 149 Å². The van der Waals surface area contributed by atoms with Gasteiger partial charge in [0.1, 0.15) is 0 Å². The fourth-order valence-electron chi connectivity index (χ4n) is 6.00. The maximum Gasteiger partial charge on any atom is -0.00196 e. The predicted octanol–water partition coefficient (Wildman–Crippen LogP) is 13.0. The van der Waals surface area contributed by atoms with Crippen LogP contribution in [0.25, 0.3) is 5.57 Å². The van der Waals surface area contributed by atoms with Gasteiger partial charge in [-0.15, -0.1) is 13.2 Å². The molecule has 0 bridgehead atoms. The summed E-state index contributed by atoms with van der Waals surface area (Å²) in [6.45, 7) is 39.0. The summed E-state index contributed by atoms with van der Waals surface area (Å²) in [5.74, 6) is 0.422. The molecule has 2 aromatic rings. The van der Waals surface area contributed by atoms with Gasteiger partial charge in [0.05, 0.1) is 0 Å². The molecule has 1 aliphatic carbocycles. The zero-order valence-corrected chi connectivity index (χ0v) is 29.1. The lowest BCUT2D eigenvalue weighted by atomic mass is 9.65. The highest BCUT2D eigenvalue weighted by Crippen LogP contribution is 2.47. The second kappa shape index (κ2) is 18.3. The van der Waals surface area contributed by atoms with Crippen LogP contribution in [0.2, 0.25) is 0 Å². The van der Waals surface area contributed by atoms with Crippen molar-refractivity contribution < 1.29 is 0 Å². The standard InChI is InChI=1S/C39H50.C2H6.C2H4/c1-11-13-21-39(10)25-36(24-34-16-14-15-29(6)31(34)8)32(9)38(26-39)30(7)23-35-20-18-28(5)22-37(35)33(12-2)19-17-27(3)4;2*1-2/h12,14-20,22,26,36H,3,7,9,11,13,21,23-25H2,1-2,4-6,8,10H3;1-2H3;1-2H2/b19-17-,33-12+;;/t36?,39-;;/m0../s1. The molecule has 2 atom stereocenters. The van der Waals surface area contributed by atoms with E-state index in [0.29, 0.717) is 5.92 Å². The van der Waals surface area contributed by atoms with Crippen LogP contribution >= 0.6 is 0 Å². The largest absolute Gasteiger partial charge is 0.106 e. The normalized spacial score (nSPS) is 18.3. The lowest BCUT2D eigenvalue weighted by molar-refractivity contribution is 0.286. The van der Waals surface area contributed by atoms with Crippen LogP contribution in [0.3, 0.4) is 0 Å². The number of benzene rings is 2. The molecule has 0 amide bonds. The molecule has 0 aromatic heterocycles. The number of hydrogen-bond acceptors (Lipinski definition) is 0. The summed E-state index contributed by atoms with van der Waals surface area (Å²) >= 11 is 0. The van der Waals surface area contributed by atoms with E-state index in [-0.39, 0.29) is 5.41 Å². The van der Waals surface area contributed by atoms with Crippen molar-refractivity contribution >= 4 is 5.57 Å². The Morgan fingerprint density at radius 3 is 2.28 bits per heavy atom. The minimum Gasteiger partial charge on any atom is -0.106 e. The molecule has 0 saturated heterocycles. The van der Waals surface area contributed by atoms with Crippen LogP contribution in [0.5, 0.6) is 0 Å². The van der Waals surface area contributed by atoms with Gasteiger partial charge in [-0.2, -0.15) is 0 Å². The molecule has 0 N–H and O–H groups in total. The second-order valence-electron chi connectivity index (χ2n) is 12.2. The highest BCUT2D eigenvalue weighted by Gasteiger charge is 2.34. The smallest absolute Gasteiger partial charge is 0.00196 e. The Bertz CT molecular complexity index is 1340. The van der Waals surface area contributed by atoms with E-state index in [0.717, 1.165) is 24.8 Å². The molecule has 0 nitrogen and oxygen atoms in total. The van der Waals surface area contributed by atoms with Crippen LogP contribution in [-0.4, -0.2) is 0 Å². The SMILES string of the molecule is C=C.C=C(C)/C=C\C(=C/C)c1cc(C)ccc1CC(=C)C1=C[C@@](C)(CCCC)CC(Cc2cccc(C)c2C)C1=C.CC. The van der Waals surface area contributed by atoms with Crippen LogP contribution < -0.4 is 0 Å². The van der Waals surface area contributed by atoms with E-state index >= 15 is 0 Å². The highest BCUT2D eigenvalue weighted by molar-refractivity contribution is 5.77. The number of aryl methyl sites for hydroxylation is 2. The van der Waals surface area contributed by atoms with Crippen molar-refractivity contribution in [1.82, 2.24) is 0 Å². The minimum atomic E-state index is 0.159. The highest BCUT2D eigenvalue weighted by atomic mass is 14.4. The first kappa shape index (κ1) is 37.6. The predicted molar refractivity (Wildman–Crippen MR) is 197 cm³/mol. The number of unbranched alkanes of at least 4 members (excludes halogenated alkanes) is 1. The third kappa shape index (κ3) is 10.7. The zero-order valence-electron chi connectivity index (χ0n) is 29.1. The summed E-state index contributed by atoms with van der Waals surface area (Å²) in [5, 5.41) is 0. The topological polar surface area (TPSA) is 0 Å². The maximum absolute atomic E-state index is 4.71. The van der Waals surface area contributed by atoms with Crippen molar-refractivity contribution in [2.75, 3.05) is 0 Å². The summed E-state index contributed by atoms with van der Waals surface area (Å²) in [4.78, 5) is 0. The van der Waals surface area contributed by atoms with Gasteiger partial charge in [0.2, 0.25) is 0 Å². The molecule has 1 aliphatic rings. The van der Waals surface area contributed by atoms with Crippen LogP contribution in [0.15, 0.2) is 116 Å². The fraction of sp³-hybridized carbons (Fsp3) is 0.395. The fourth-order valence-corrected chi connectivity index (χ4v) is 6.00. The number of hydrogen-bond donors (Lipinski definition) is 0. The third-order valence-electron chi connectivity index (χ3n) is 8.55. The lowest BCUT2D eigenvalue weighted by Crippen LogP contribution is -2.28. The summed E-state index contributed by atoms with van der Waals surface area (Å²) in [6, 6.07) is 13.5. The summed E-state index contributed by atoms with van der Waals surface area (Å²) < 4.78 is 0. The average Bonchev–Trinajstić information content (AvgIpc) is 2.99. The van der Waals surface area contributed by atoms with Crippen molar-refractivity contribution in [1.29, 1.82) is 0 Å². The molecule has 0 radical (unpaired) electrons. The Morgan fingerprint density at radius 2 is 1.67 bits per heavy atom. The van der Waals surface area contributed by atoms with Gasteiger partial charge in [-0.3, -0.25) is 0 Å². The van der Waals surface area contributed by atoms with E-state index in [1.165, 1.54) is 74.9 Å². The van der Waals surface area contributed by atoms with Gasteiger partial charge in [0, 0.05) is 0 Å². The molecule has 0 heteroatoms. The van der Waals surface area contributed by atoms with Gasteiger partial charge < -0.3 is 0 Å². The van der Waals surface area contributed by atoms with E-state index < -0.39 is 0 Å². The Balaban J connectivity index is 0.00000221. The van der Waals surface area contributed by atoms with Gasteiger partial charge in [0.25, 0.3) is 0 Å². The number of allylic oxidation sites excluding steroid dienone is 9. The molecule has 0 heterocycles. The van der Waals surface area contributed by atoms with Gasteiger partial charge in [0.15, 0.2) is 0 Å². The monoisotopic (exact) mass is 576 g/mol. The molecule has 1 unspecified atom stereocenters. The molecule has 3 rings (SSSR count). The van der Waals surface area contributed by atoms with Crippen LogP contribution in [0.1, 0.15) is 101 Å². The molecular formula is C43H60. The average molecular weight is 577 g/mol. The van der Waals surface area contributed by atoms with Crippen LogP contribution in [0.4, 0.5) is 0 Å². The Kier molecular flexibility index (Phi) is 16.0. The van der Waals surface area contributed by atoms with Crippen molar-refractivity contribution in [2.24, 2.45) is 11.3 Å². The summed E-state index contributed by atoms with van der Waals surface area (Å²) in [5.41, 5.74) is 14.3. The molecule has 0 fully saturated rings. The summed E-state index contributed by atoms with van der Waals surface area (Å²) in [7, 11) is 0. The molecule has 0 aliphatic heterocycles. The van der Waals surface area contributed by atoms with E-state index in [2.05, 4.69) is 129 Å². The van der Waals surface area contributed by atoms with Gasteiger partial charge >= 0.3 is 0 Å².